The minimum absolute atomic E-state index is 0.161. The van der Waals surface area contributed by atoms with Gasteiger partial charge in [0.2, 0.25) is 0 Å². The predicted octanol–water partition coefficient (Wildman–Crippen LogP) is 3.71. The van der Waals surface area contributed by atoms with E-state index in [1.165, 1.54) is 44.9 Å². The van der Waals surface area contributed by atoms with E-state index in [4.69, 9.17) is 24.8 Å². The summed E-state index contributed by atoms with van der Waals surface area (Å²) in [6.07, 6.45) is 11.6. The van der Waals surface area contributed by atoms with E-state index in [2.05, 4.69) is 11.4 Å². The van der Waals surface area contributed by atoms with Gasteiger partial charge in [-0.2, -0.15) is 0 Å². The number of nitrogens with two attached hydrogens (primary N) is 1. The van der Waals surface area contributed by atoms with Crippen molar-refractivity contribution in [2.24, 2.45) is 5.73 Å². The van der Waals surface area contributed by atoms with Crippen LogP contribution in [0.2, 0.25) is 0 Å². The molecule has 3 unspecified atom stereocenters. The summed E-state index contributed by atoms with van der Waals surface area (Å²) >= 11 is 0. The number of carbonyl (C=O) groups is 3. The molecule has 0 aliphatic carbocycles. The van der Waals surface area contributed by atoms with Gasteiger partial charge in [-0.15, -0.1) is 0 Å². The van der Waals surface area contributed by atoms with Crippen LogP contribution in [0.5, 0.6) is 0 Å². The number of unbranched alkanes of at least 4 members (excludes halogenated alkanes) is 10. The molecule has 0 aliphatic rings. The summed E-state index contributed by atoms with van der Waals surface area (Å²) in [6.45, 7) is 1.66. The zero-order valence-electron chi connectivity index (χ0n) is 20.4. The highest BCUT2D eigenvalue weighted by Gasteiger charge is 2.27. The minimum Gasteiger partial charge on any atom is -0.480 e. The molecule has 0 aromatic carbocycles. The number of rotatable bonds is 22. The van der Waals surface area contributed by atoms with Crippen LogP contribution in [0, 0.1) is 0 Å². The number of carboxylic acids is 1. The third-order valence-electron chi connectivity index (χ3n) is 4.91. The quantitative estimate of drug-likeness (QED) is 0.110. The van der Waals surface area contributed by atoms with Crippen LogP contribution in [0.25, 0.3) is 0 Å². The highest BCUT2D eigenvalue weighted by atomic mass is 31.2. The van der Waals surface area contributed by atoms with Crippen molar-refractivity contribution in [1.82, 2.24) is 0 Å². The molecular weight excluding hydrogens is 469 g/mol. The van der Waals surface area contributed by atoms with Crippen molar-refractivity contribution in [3.05, 3.63) is 0 Å². The standard InChI is InChI=1S/C22H42NO10P/c1-3-4-5-6-7-8-9-10-11-12-13-14-21(25)33-19(15-30-18(2)24)16-31-34(28,29)32-17-20(23)22(26)27/h19-20H,3-17,23H2,1-2H3,(H,26,27)(H,28,29). The van der Waals surface area contributed by atoms with E-state index in [-0.39, 0.29) is 13.0 Å². The molecule has 3 atom stereocenters. The molecule has 4 N–H and O–H groups in total. The zero-order valence-corrected chi connectivity index (χ0v) is 21.3. The SMILES string of the molecule is CCCCCCCCCCCCCC(=O)OC(COC(C)=O)COP(=O)(O)OCC(N)C(=O)O. The van der Waals surface area contributed by atoms with Gasteiger partial charge in [-0.05, 0) is 6.42 Å². The molecule has 0 rings (SSSR count). The van der Waals surface area contributed by atoms with Crippen LogP contribution in [0.3, 0.4) is 0 Å². The monoisotopic (exact) mass is 511 g/mol. The third kappa shape index (κ3) is 19.9. The smallest absolute Gasteiger partial charge is 0.472 e. The number of carbonyl (C=O) groups excluding carboxylic acids is 2. The second-order valence-corrected chi connectivity index (χ2v) is 9.66. The third-order valence-corrected chi connectivity index (χ3v) is 5.86. The Morgan fingerprint density at radius 1 is 0.853 bits per heavy atom. The summed E-state index contributed by atoms with van der Waals surface area (Å²) in [5, 5.41) is 8.67. The maximum atomic E-state index is 12.1. The lowest BCUT2D eigenvalue weighted by molar-refractivity contribution is -0.160. The molecule has 34 heavy (non-hydrogen) atoms. The summed E-state index contributed by atoms with van der Waals surface area (Å²) in [5.74, 6) is -2.58. The average molecular weight is 512 g/mol. The Morgan fingerprint density at radius 2 is 1.35 bits per heavy atom. The topological polar surface area (TPSA) is 172 Å². The van der Waals surface area contributed by atoms with Crippen molar-refractivity contribution in [2.75, 3.05) is 19.8 Å². The van der Waals surface area contributed by atoms with Crippen molar-refractivity contribution < 1.29 is 47.5 Å². The number of carboxylic acid groups (broad SMARTS) is 1. The molecular formula is C22H42NO10P. The molecule has 0 saturated carbocycles. The van der Waals surface area contributed by atoms with E-state index in [0.29, 0.717) is 6.42 Å². The fourth-order valence-corrected chi connectivity index (χ4v) is 3.74. The van der Waals surface area contributed by atoms with Crippen molar-refractivity contribution in [1.29, 1.82) is 0 Å². The lowest BCUT2D eigenvalue weighted by Gasteiger charge is -2.20. The molecule has 0 radical (unpaired) electrons. The molecule has 0 bridgehead atoms. The number of esters is 2. The van der Waals surface area contributed by atoms with E-state index in [0.717, 1.165) is 26.2 Å². The zero-order chi connectivity index (χ0) is 25.8. The van der Waals surface area contributed by atoms with Gasteiger partial charge in [-0.25, -0.2) is 4.57 Å². The van der Waals surface area contributed by atoms with Gasteiger partial charge < -0.3 is 25.2 Å². The highest BCUT2D eigenvalue weighted by Crippen LogP contribution is 2.43. The van der Waals surface area contributed by atoms with E-state index in [9.17, 15) is 23.8 Å². The summed E-state index contributed by atoms with van der Waals surface area (Å²) < 4.78 is 31.1. The Morgan fingerprint density at radius 3 is 1.85 bits per heavy atom. The number of ether oxygens (including phenoxy) is 2. The Bertz CT molecular complexity index is 631. The van der Waals surface area contributed by atoms with Crippen LogP contribution in [0.15, 0.2) is 0 Å². The molecule has 0 spiro atoms. The summed E-state index contributed by atoms with van der Waals surface area (Å²) in [5.41, 5.74) is 5.20. The Kier molecular flexibility index (Phi) is 18.9. The van der Waals surface area contributed by atoms with Gasteiger partial charge in [0.1, 0.15) is 12.6 Å². The molecule has 11 nitrogen and oxygen atoms in total. The Hall–Kier alpha value is -1.52. The molecule has 0 aliphatic heterocycles. The van der Waals surface area contributed by atoms with Crippen LogP contribution in [0.1, 0.15) is 90.9 Å². The van der Waals surface area contributed by atoms with Crippen LogP contribution >= 0.6 is 7.82 Å². The number of hydrogen-bond donors (Lipinski definition) is 3. The lowest BCUT2D eigenvalue weighted by Crippen LogP contribution is -2.34. The van der Waals surface area contributed by atoms with Crippen molar-refractivity contribution in [2.45, 2.75) is 103 Å². The summed E-state index contributed by atoms with van der Waals surface area (Å²) in [7, 11) is -4.65. The number of hydrogen-bond acceptors (Lipinski definition) is 9. The second kappa shape index (κ2) is 19.8. The molecule has 0 aromatic heterocycles. The van der Waals surface area contributed by atoms with Crippen LogP contribution < -0.4 is 5.73 Å². The normalized spacial score (nSPS) is 14.7. The van der Waals surface area contributed by atoms with Gasteiger partial charge in [0, 0.05) is 13.3 Å². The molecule has 0 saturated heterocycles. The first-order chi connectivity index (χ1) is 16.1. The molecule has 0 amide bonds. The molecule has 0 aromatic rings. The van der Waals surface area contributed by atoms with Gasteiger partial charge in [-0.1, -0.05) is 71.1 Å². The van der Waals surface area contributed by atoms with Crippen molar-refractivity contribution in [3.63, 3.8) is 0 Å². The first-order valence-corrected chi connectivity index (χ1v) is 13.5. The fraction of sp³-hybridized carbons (Fsp3) is 0.864. The van der Waals surface area contributed by atoms with Gasteiger partial charge in [0.15, 0.2) is 6.10 Å². The van der Waals surface area contributed by atoms with Crippen molar-refractivity contribution >= 4 is 25.7 Å². The first kappa shape index (κ1) is 32.5. The Labute approximate surface area is 202 Å². The van der Waals surface area contributed by atoms with E-state index >= 15 is 0 Å². The second-order valence-electron chi connectivity index (χ2n) is 8.20. The lowest BCUT2D eigenvalue weighted by atomic mass is 10.1. The van der Waals surface area contributed by atoms with Gasteiger partial charge in [0.05, 0.1) is 13.2 Å². The largest absolute Gasteiger partial charge is 0.480 e. The van der Waals surface area contributed by atoms with Gasteiger partial charge in [-0.3, -0.25) is 23.4 Å². The number of aliphatic carboxylic acids is 1. The molecule has 0 heterocycles. The van der Waals surface area contributed by atoms with E-state index in [1.54, 1.807) is 0 Å². The van der Waals surface area contributed by atoms with Crippen LogP contribution in [0.4, 0.5) is 0 Å². The summed E-state index contributed by atoms with van der Waals surface area (Å²) in [6, 6.07) is -1.51. The van der Waals surface area contributed by atoms with E-state index in [1.807, 2.05) is 0 Å². The molecule has 0 fully saturated rings. The fourth-order valence-electron chi connectivity index (χ4n) is 2.97. The summed E-state index contributed by atoms with van der Waals surface area (Å²) in [4.78, 5) is 43.5. The maximum absolute atomic E-state index is 12.1. The predicted molar refractivity (Wildman–Crippen MR) is 125 cm³/mol. The average Bonchev–Trinajstić information content (AvgIpc) is 2.77. The van der Waals surface area contributed by atoms with Crippen molar-refractivity contribution in [3.8, 4) is 0 Å². The van der Waals surface area contributed by atoms with Crippen LogP contribution in [-0.4, -0.2) is 59.9 Å². The highest BCUT2D eigenvalue weighted by molar-refractivity contribution is 7.47. The maximum Gasteiger partial charge on any atom is 0.472 e. The molecule has 200 valence electrons. The van der Waals surface area contributed by atoms with E-state index < -0.39 is 51.1 Å². The van der Waals surface area contributed by atoms with Gasteiger partial charge in [0.25, 0.3) is 0 Å². The number of phosphoric ester groups is 1. The number of phosphoric acid groups is 1. The van der Waals surface area contributed by atoms with Crippen LogP contribution in [-0.2, 0) is 37.5 Å². The Balaban J connectivity index is 4.20. The minimum atomic E-state index is -4.65. The molecule has 12 heteroatoms. The van der Waals surface area contributed by atoms with Gasteiger partial charge >= 0.3 is 25.7 Å². The first-order valence-electron chi connectivity index (χ1n) is 12.0.